The Balaban J connectivity index is 1.46. The van der Waals surface area contributed by atoms with E-state index in [1.165, 1.54) is 12.1 Å². The predicted octanol–water partition coefficient (Wildman–Crippen LogP) is 3.98. The van der Waals surface area contributed by atoms with Gasteiger partial charge in [0.05, 0.1) is 27.8 Å². The molecule has 2 saturated heterocycles. The summed E-state index contributed by atoms with van der Waals surface area (Å²) in [6.45, 7) is 6.88. The predicted molar refractivity (Wildman–Crippen MR) is 132 cm³/mol. The topological polar surface area (TPSA) is 79.0 Å². The van der Waals surface area contributed by atoms with Gasteiger partial charge in [0.2, 0.25) is 10.0 Å². The van der Waals surface area contributed by atoms with Crippen molar-refractivity contribution in [3.63, 3.8) is 0 Å². The second-order valence-electron chi connectivity index (χ2n) is 10.5. The van der Waals surface area contributed by atoms with Crippen molar-refractivity contribution in [2.45, 2.75) is 62.6 Å². The molecule has 2 aromatic rings. The van der Waals surface area contributed by atoms with Gasteiger partial charge in [-0.25, -0.2) is 17.5 Å². The molecule has 0 saturated carbocycles. The molecular formula is C25H29ClFN3O4S. The molecule has 2 aromatic carbocycles. The van der Waals surface area contributed by atoms with Crippen molar-refractivity contribution in [1.29, 1.82) is 0 Å². The zero-order valence-electron chi connectivity index (χ0n) is 20.0. The molecule has 0 radical (unpaired) electrons. The number of rotatable bonds is 4. The second-order valence-corrected chi connectivity index (χ2v) is 12.6. The van der Waals surface area contributed by atoms with Crippen LogP contribution in [-0.2, 0) is 16.4 Å². The van der Waals surface area contributed by atoms with Gasteiger partial charge in [-0.1, -0.05) is 11.6 Å². The molecule has 0 spiro atoms. The molecule has 0 aliphatic carbocycles. The Kier molecular flexibility index (Phi) is 6.01. The van der Waals surface area contributed by atoms with Gasteiger partial charge in [-0.2, -0.15) is 0 Å². The molecule has 0 aromatic heterocycles. The first-order chi connectivity index (χ1) is 16.4. The third kappa shape index (κ3) is 4.61. The number of anilines is 1. The standard InChI is InChI=1S/C25H29ClFN3O4S/c1-25(2,3)28-35(32,33)19-10-15-8-9-34-23(15)22(12-19)30-17-5-6-18(30)14-29(13-17)24(31)20-7-4-16(27)11-21(20)26/h4,7,10-12,17-18,28H,5-6,8-9,13-14H2,1-3H3/t17-,18+. The number of piperazine rings is 1. The number of carbonyl (C=O) groups excluding carboxylic acids is 1. The summed E-state index contributed by atoms with van der Waals surface area (Å²) in [7, 11) is -3.73. The molecule has 3 aliphatic heterocycles. The van der Waals surface area contributed by atoms with Crippen LogP contribution in [0.5, 0.6) is 5.75 Å². The van der Waals surface area contributed by atoms with Crippen LogP contribution in [0.3, 0.4) is 0 Å². The van der Waals surface area contributed by atoms with E-state index in [2.05, 4.69) is 9.62 Å². The highest BCUT2D eigenvalue weighted by molar-refractivity contribution is 7.89. The molecule has 1 N–H and O–H groups in total. The molecule has 1 amide bonds. The first kappa shape index (κ1) is 24.3. The second kappa shape index (κ2) is 8.64. The molecule has 10 heteroatoms. The lowest BCUT2D eigenvalue weighted by Gasteiger charge is -2.43. The van der Waals surface area contributed by atoms with E-state index in [0.717, 1.165) is 35.9 Å². The minimum absolute atomic E-state index is 0.0127. The minimum Gasteiger partial charge on any atom is -0.491 e. The number of likely N-dealkylation sites (tertiary alicyclic amines) is 1. The Labute approximate surface area is 210 Å². The summed E-state index contributed by atoms with van der Waals surface area (Å²) in [5.74, 6) is 0.0257. The first-order valence-corrected chi connectivity index (χ1v) is 13.7. The highest BCUT2D eigenvalue weighted by Crippen LogP contribution is 2.45. The fraction of sp³-hybridized carbons (Fsp3) is 0.480. The number of carbonyl (C=O) groups is 1. The number of nitrogens with zero attached hydrogens (tertiary/aromatic N) is 2. The van der Waals surface area contributed by atoms with Crippen molar-refractivity contribution in [1.82, 2.24) is 9.62 Å². The average molecular weight is 522 g/mol. The summed E-state index contributed by atoms with van der Waals surface area (Å²) in [5, 5.41) is 0.0975. The third-order valence-corrected chi connectivity index (χ3v) is 8.75. The number of fused-ring (bicyclic) bond motifs is 3. The molecule has 2 bridgehead atoms. The van der Waals surface area contributed by atoms with E-state index in [9.17, 15) is 17.6 Å². The van der Waals surface area contributed by atoms with Gasteiger partial charge in [0.25, 0.3) is 5.91 Å². The minimum atomic E-state index is -3.73. The molecule has 3 heterocycles. The first-order valence-electron chi connectivity index (χ1n) is 11.8. The van der Waals surface area contributed by atoms with Crippen molar-refractivity contribution in [3.05, 3.63) is 52.3 Å². The van der Waals surface area contributed by atoms with Crippen molar-refractivity contribution in [2.75, 3.05) is 24.6 Å². The Hall–Kier alpha value is -2.36. The maximum absolute atomic E-state index is 13.5. The van der Waals surface area contributed by atoms with E-state index >= 15 is 0 Å². The number of benzene rings is 2. The molecule has 0 unspecified atom stereocenters. The lowest BCUT2D eigenvalue weighted by atomic mass is 10.1. The largest absolute Gasteiger partial charge is 0.491 e. The van der Waals surface area contributed by atoms with E-state index in [1.807, 2.05) is 20.8 Å². The van der Waals surface area contributed by atoms with Crippen LogP contribution in [0, 0.1) is 5.82 Å². The number of amides is 1. The quantitative estimate of drug-likeness (QED) is 0.658. The van der Waals surface area contributed by atoms with E-state index in [1.54, 1.807) is 17.0 Å². The van der Waals surface area contributed by atoms with E-state index < -0.39 is 21.4 Å². The number of ether oxygens (including phenoxy) is 1. The molecular weight excluding hydrogens is 493 g/mol. The Morgan fingerprint density at radius 3 is 2.46 bits per heavy atom. The van der Waals surface area contributed by atoms with Crippen LogP contribution in [0.1, 0.15) is 49.5 Å². The van der Waals surface area contributed by atoms with Crippen molar-refractivity contribution in [3.8, 4) is 5.75 Å². The Morgan fingerprint density at radius 1 is 1.14 bits per heavy atom. The molecule has 7 nitrogen and oxygen atoms in total. The van der Waals surface area contributed by atoms with E-state index in [4.69, 9.17) is 16.3 Å². The molecule has 5 rings (SSSR count). The Bertz CT molecular complexity index is 1280. The number of hydrogen-bond acceptors (Lipinski definition) is 5. The highest BCUT2D eigenvalue weighted by atomic mass is 35.5. The van der Waals surface area contributed by atoms with Gasteiger partial charge in [0.1, 0.15) is 11.6 Å². The van der Waals surface area contributed by atoms with Gasteiger partial charge >= 0.3 is 0 Å². The summed E-state index contributed by atoms with van der Waals surface area (Å²) in [6, 6.07) is 7.25. The highest BCUT2D eigenvalue weighted by Gasteiger charge is 2.44. The molecule has 3 aliphatic rings. The smallest absolute Gasteiger partial charge is 0.255 e. The van der Waals surface area contributed by atoms with E-state index in [0.29, 0.717) is 26.1 Å². The van der Waals surface area contributed by atoms with Gasteiger partial charge in [0.15, 0.2) is 0 Å². The summed E-state index contributed by atoms with van der Waals surface area (Å²) in [5.41, 5.74) is 1.33. The SMILES string of the molecule is CC(C)(C)NS(=O)(=O)c1cc2c(c(N3[C@@H]4CC[C@H]3CN(C(=O)c3ccc(F)cc3Cl)C4)c1)OCC2. The van der Waals surface area contributed by atoms with Crippen molar-refractivity contribution < 1.29 is 22.3 Å². The number of hydrogen-bond donors (Lipinski definition) is 1. The number of halogens is 2. The fourth-order valence-electron chi connectivity index (χ4n) is 5.36. The van der Waals surface area contributed by atoms with Crippen LogP contribution in [-0.4, -0.2) is 56.5 Å². The van der Waals surface area contributed by atoms with Crippen LogP contribution >= 0.6 is 11.6 Å². The molecule has 2 fully saturated rings. The van der Waals surface area contributed by atoms with Crippen LogP contribution in [0.25, 0.3) is 0 Å². The molecule has 2 atom stereocenters. The van der Waals surface area contributed by atoms with Gasteiger partial charge in [-0.05, 0) is 63.9 Å². The van der Waals surface area contributed by atoms with Gasteiger partial charge in [-0.3, -0.25) is 4.79 Å². The van der Waals surface area contributed by atoms with E-state index in [-0.39, 0.29) is 33.5 Å². The zero-order valence-corrected chi connectivity index (χ0v) is 21.5. The maximum Gasteiger partial charge on any atom is 0.255 e. The van der Waals surface area contributed by atoms with Gasteiger partial charge in [0, 0.05) is 42.7 Å². The lowest BCUT2D eigenvalue weighted by Crippen LogP contribution is -2.55. The number of nitrogens with one attached hydrogen (secondary N) is 1. The number of sulfonamides is 1. The van der Waals surface area contributed by atoms with Gasteiger partial charge < -0.3 is 14.5 Å². The monoisotopic (exact) mass is 521 g/mol. The molecule has 188 valence electrons. The van der Waals surface area contributed by atoms with Crippen LogP contribution in [0.4, 0.5) is 10.1 Å². The third-order valence-electron chi connectivity index (χ3n) is 6.70. The van der Waals surface area contributed by atoms with Crippen LogP contribution < -0.4 is 14.4 Å². The molecule has 35 heavy (non-hydrogen) atoms. The van der Waals surface area contributed by atoms with Crippen LogP contribution in [0.2, 0.25) is 5.02 Å². The van der Waals surface area contributed by atoms with Crippen molar-refractivity contribution in [2.24, 2.45) is 0 Å². The lowest BCUT2D eigenvalue weighted by molar-refractivity contribution is 0.0718. The summed E-state index contributed by atoms with van der Waals surface area (Å²) >= 11 is 6.15. The zero-order chi connectivity index (χ0) is 25.1. The summed E-state index contributed by atoms with van der Waals surface area (Å²) in [6.07, 6.45) is 2.40. The summed E-state index contributed by atoms with van der Waals surface area (Å²) in [4.78, 5) is 17.4. The summed E-state index contributed by atoms with van der Waals surface area (Å²) < 4.78 is 48.5. The van der Waals surface area contributed by atoms with Crippen LogP contribution in [0.15, 0.2) is 35.2 Å². The fourth-order valence-corrected chi connectivity index (χ4v) is 7.10. The maximum atomic E-state index is 13.5. The Morgan fingerprint density at radius 2 is 1.83 bits per heavy atom. The average Bonchev–Trinajstić information content (AvgIpc) is 3.32. The normalized spacial score (nSPS) is 21.7. The van der Waals surface area contributed by atoms with Crippen molar-refractivity contribution >= 4 is 33.2 Å². The van der Waals surface area contributed by atoms with Gasteiger partial charge in [-0.15, -0.1) is 0 Å².